The SMILES string of the molecule is [2H]c1c([2H])c([2H])c2c(c1[2H])c1c([2H])c([2H])c([2H])c([2H])c1n2-c1cccc2c1oc1cccc(-c3nc(-c4ccccc4)nc(-c4ccccc4)n3)c12. The molecule has 0 aliphatic carbocycles. The smallest absolute Gasteiger partial charge is 0.164 e. The summed E-state index contributed by atoms with van der Waals surface area (Å²) >= 11 is 0. The molecule has 0 saturated carbocycles. The number of aromatic nitrogens is 4. The number of fused-ring (bicyclic) bond motifs is 6. The molecule has 6 aromatic carbocycles. The second kappa shape index (κ2) is 9.75. The van der Waals surface area contributed by atoms with Gasteiger partial charge in [-0.15, -0.1) is 0 Å². The molecule has 0 aliphatic heterocycles. The molecule has 5 nitrogen and oxygen atoms in total. The van der Waals surface area contributed by atoms with Gasteiger partial charge in [0, 0.05) is 38.2 Å². The van der Waals surface area contributed by atoms with Crippen molar-refractivity contribution in [1.82, 2.24) is 19.5 Å². The molecule has 3 heterocycles. The van der Waals surface area contributed by atoms with Gasteiger partial charge >= 0.3 is 0 Å². The molecular weight excluding hydrogens is 540 g/mol. The zero-order valence-electron chi connectivity index (χ0n) is 30.9. The van der Waals surface area contributed by atoms with Gasteiger partial charge in [0.1, 0.15) is 5.58 Å². The minimum absolute atomic E-state index is 0.00567. The maximum Gasteiger partial charge on any atom is 0.164 e. The molecule has 0 saturated heterocycles. The van der Waals surface area contributed by atoms with Crippen LogP contribution in [0.25, 0.3) is 83.6 Å². The fourth-order valence-corrected chi connectivity index (χ4v) is 5.79. The third-order valence-electron chi connectivity index (χ3n) is 7.72. The molecule has 0 aliphatic rings. The molecule has 0 spiro atoms. The highest BCUT2D eigenvalue weighted by atomic mass is 16.3. The molecule has 0 atom stereocenters. The Balaban J connectivity index is 1.38. The molecule has 44 heavy (non-hydrogen) atoms. The molecule has 9 rings (SSSR count). The lowest BCUT2D eigenvalue weighted by atomic mass is 10.0. The van der Waals surface area contributed by atoms with E-state index in [0.29, 0.717) is 50.7 Å². The summed E-state index contributed by atoms with van der Waals surface area (Å²) in [6.07, 6.45) is 0. The van der Waals surface area contributed by atoms with Gasteiger partial charge in [0.25, 0.3) is 0 Å². The van der Waals surface area contributed by atoms with Gasteiger partial charge in [0.2, 0.25) is 0 Å². The molecule has 0 radical (unpaired) electrons. The van der Waals surface area contributed by atoms with Crippen molar-refractivity contribution in [3.63, 3.8) is 0 Å². The average Bonchev–Trinajstić information content (AvgIpc) is 3.75. The Hall–Kier alpha value is -6.07. The third kappa shape index (κ3) is 3.76. The Kier molecular flexibility index (Phi) is 3.94. The van der Waals surface area contributed by atoms with Gasteiger partial charge in [-0.25, -0.2) is 15.0 Å². The Bertz CT molecular complexity index is 2810. The zero-order valence-corrected chi connectivity index (χ0v) is 22.9. The highest BCUT2D eigenvalue weighted by Crippen LogP contribution is 2.41. The number of para-hydroxylation sites is 3. The Labute approximate surface area is 263 Å². The molecule has 0 amide bonds. The summed E-state index contributed by atoms with van der Waals surface area (Å²) in [5.74, 6) is 1.39. The quantitative estimate of drug-likeness (QED) is 0.211. The minimum atomic E-state index is -0.502. The van der Waals surface area contributed by atoms with Crippen LogP contribution in [0.5, 0.6) is 0 Å². The van der Waals surface area contributed by atoms with Gasteiger partial charge in [-0.05, 0) is 24.2 Å². The number of nitrogens with zero attached hydrogens (tertiary/aromatic N) is 4. The van der Waals surface area contributed by atoms with Crippen LogP contribution in [0.2, 0.25) is 0 Å². The lowest BCUT2D eigenvalue weighted by molar-refractivity contribution is 0.666. The van der Waals surface area contributed by atoms with Gasteiger partial charge < -0.3 is 8.98 Å². The molecule has 5 heteroatoms. The van der Waals surface area contributed by atoms with E-state index >= 15 is 0 Å². The van der Waals surface area contributed by atoms with Crippen LogP contribution in [0.15, 0.2) is 150 Å². The topological polar surface area (TPSA) is 56.7 Å². The molecule has 0 bridgehead atoms. The third-order valence-corrected chi connectivity index (χ3v) is 7.72. The van der Waals surface area contributed by atoms with E-state index in [1.54, 1.807) is 12.1 Å². The molecule has 9 aromatic rings. The second-order valence-corrected chi connectivity index (χ2v) is 10.3. The van der Waals surface area contributed by atoms with Crippen LogP contribution in [0.1, 0.15) is 11.0 Å². The Morgan fingerprint density at radius 3 is 1.73 bits per heavy atom. The van der Waals surface area contributed by atoms with Crippen LogP contribution in [-0.2, 0) is 0 Å². The van der Waals surface area contributed by atoms with Crippen LogP contribution >= 0.6 is 0 Å². The fraction of sp³-hybridized carbons (Fsp3) is 0. The first-order valence-electron chi connectivity index (χ1n) is 18.0. The predicted octanol–water partition coefficient (Wildman–Crippen LogP) is 9.87. The number of benzene rings is 6. The van der Waals surface area contributed by atoms with E-state index in [2.05, 4.69) is 0 Å². The standard InChI is InChI=1S/C39H24N4O/c1-3-13-25(14-4-1)37-40-38(26-15-5-2-6-16-26)42-39(41-37)30-20-12-24-34-35(30)29-19-11-23-33(36(29)44-34)43-31-21-9-7-17-27(31)28-18-8-10-22-32(28)43/h1-24H/i7D,8D,9D,10D,17D,18D,21D,22D. The van der Waals surface area contributed by atoms with Crippen molar-refractivity contribution in [2.24, 2.45) is 0 Å². The van der Waals surface area contributed by atoms with E-state index in [1.807, 2.05) is 84.9 Å². The molecule has 0 fully saturated rings. The number of hydrogen-bond donors (Lipinski definition) is 0. The lowest BCUT2D eigenvalue weighted by Crippen LogP contribution is -2.00. The van der Waals surface area contributed by atoms with Crippen molar-refractivity contribution in [1.29, 1.82) is 0 Å². The maximum atomic E-state index is 8.96. The first kappa shape index (κ1) is 17.8. The van der Waals surface area contributed by atoms with Crippen LogP contribution in [0.3, 0.4) is 0 Å². The van der Waals surface area contributed by atoms with Crippen LogP contribution in [0, 0.1) is 0 Å². The van der Waals surface area contributed by atoms with E-state index in [1.165, 1.54) is 4.57 Å². The highest BCUT2D eigenvalue weighted by molar-refractivity contribution is 6.15. The Morgan fingerprint density at radius 2 is 1.09 bits per heavy atom. The van der Waals surface area contributed by atoms with Gasteiger partial charge in [-0.2, -0.15) is 0 Å². The number of rotatable bonds is 4. The molecule has 206 valence electrons. The van der Waals surface area contributed by atoms with E-state index in [4.69, 9.17) is 30.3 Å². The van der Waals surface area contributed by atoms with Gasteiger partial charge in [-0.3, -0.25) is 0 Å². The minimum Gasteiger partial charge on any atom is -0.454 e. The summed E-state index contributed by atoms with van der Waals surface area (Å²) in [5.41, 5.74) is 3.48. The van der Waals surface area contributed by atoms with Crippen molar-refractivity contribution in [3.8, 4) is 39.9 Å². The first-order chi connectivity index (χ1) is 25.2. The molecule has 0 N–H and O–H groups in total. The maximum absolute atomic E-state index is 8.96. The Morgan fingerprint density at radius 1 is 0.523 bits per heavy atom. The largest absolute Gasteiger partial charge is 0.454 e. The summed E-state index contributed by atoms with van der Waals surface area (Å²) in [4.78, 5) is 14.7. The highest BCUT2D eigenvalue weighted by Gasteiger charge is 2.21. The van der Waals surface area contributed by atoms with E-state index in [-0.39, 0.29) is 33.9 Å². The van der Waals surface area contributed by atoms with E-state index in [0.717, 1.165) is 11.1 Å². The van der Waals surface area contributed by atoms with E-state index in [9.17, 15) is 0 Å². The number of hydrogen-bond acceptors (Lipinski definition) is 4. The van der Waals surface area contributed by atoms with Crippen molar-refractivity contribution in [2.45, 2.75) is 0 Å². The molecular formula is C39H24N4O. The van der Waals surface area contributed by atoms with Crippen molar-refractivity contribution >= 4 is 43.7 Å². The molecule has 3 aromatic heterocycles. The zero-order chi connectivity index (χ0) is 36.0. The van der Waals surface area contributed by atoms with Crippen molar-refractivity contribution in [3.05, 3.63) is 145 Å². The van der Waals surface area contributed by atoms with Crippen molar-refractivity contribution in [2.75, 3.05) is 0 Å². The summed E-state index contributed by atoms with van der Waals surface area (Å²) < 4.78 is 77.4. The van der Waals surface area contributed by atoms with Crippen LogP contribution in [0.4, 0.5) is 0 Å². The summed E-state index contributed by atoms with van der Waals surface area (Å²) in [6.45, 7) is 0. The average molecular weight is 573 g/mol. The predicted molar refractivity (Wildman–Crippen MR) is 178 cm³/mol. The first-order valence-corrected chi connectivity index (χ1v) is 14.0. The summed E-state index contributed by atoms with van der Waals surface area (Å²) in [6, 6.07) is 26.6. The van der Waals surface area contributed by atoms with Crippen molar-refractivity contribution < 1.29 is 15.4 Å². The fourth-order valence-electron chi connectivity index (χ4n) is 5.79. The monoisotopic (exact) mass is 572 g/mol. The van der Waals surface area contributed by atoms with Gasteiger partial charge in [0.05, 0.1) is 27.7 Å². The number of furan rings is 1. The molecule has 0 unspecified atom stereocenters. The van der Waals surface area contributed by atoms with Gasteiger partial charge in [-0.1, -0.05) is 121 Å². The van der Waals surface area contributed by atoms with Crippen LogP contribution in [-0.4, -0.2) is 19.5 Å². The second-order valence-electron chi connectivity index (χ2n) is 10.3. The van der Waals surface area contributed by atoms with E-state index < -0.39 is 36.3 Å². The summed E-state index contributed by atoms with van der Waals surface area (Å²) in [7, 11) is 0. The van der Waals surface area contributed by atoms with Crippen LogP contribution < -0.4 is 0 Å². The normalized spacial score (nSPS) is 14.2. The van der Waals surface area contributed by atoms with Gasteiger partial charge in [0.15, 0.2) is 23.1 Å². The lowest BCUT2D eigenvalue weighted by Gasteiger charge is -2.09. The summed E-state index contributed by atoms with van der Waals surface area (Å²) in [5, 5.41) is 1.32.